The van der Waals surface area contributed by atoms with Crippen LogP contribution in [0.4, 0.5) is 4.39 Å². The van der Waals surface area contributed by atoms with Gasteiger partial charge in [-0.25, -0.2) is 4.39 Å². The Balaban J connectivity index is 1.77. The summed E-state index contributed by atoms with van der Waals surface area (Å²) in [5, 5.41) is 12.1. The predicted octanol–water partition coefficient (Wildman–Crippen LogP) is 5.30. The summed E-state index contributed by atoms with van der Waals surface area (Å²) in [4.78, 5) is 10.5. The molecule has 1 aromatic carbocycles. The normalized spacial score (nSPS) is 20.9. The summed E-state index contributed by atoms with van der Waals surface area (Å²) >= 11 is 3.28. The zero-order valence-electron chi connectivity index (χ0n) is 14.5. The first-order chi connectivity index (χ1) is 12.1. The monoisotopic (exact) mass is 411 g/mol. The number of rotatable bonds is 9. The Morgan fingerprint density at radius 2 is 2.16 bits per heavy atom. The molecule has 1 saturated carbocycles. The third-order valence-corrected chi connectivity index (χ3v) is 5.34. The standard InChI is InChI=1S/C20H27BrFNO2/c21-18-11-10-17(19(22)12-18)14-23-13-16-8-5-4-7-15(16)6-2-1-3-9-20(24)25/h2,6,10-12,15-16,23H,1,3-5,7-9,13-14H2,(H,24,25)/b6-2-/t15-,16+/m0/s1. The highest BCUT2D eigenvalue weighted by molar-refractivity contribution is 9.10. The summed E-state index contributed by atoms with van der Waals surface area (Å²) in [6.07, 6.45) is 11.1. The van der Waals surface area contributed by atoms with Crippen molar-refractivity contribution in [2.45, 2.75) is 51.5 Å². The number of carbonyl (C=O) groups is 1. The molecular weight excluding hydrogens is 385 g/mol. The number of hydrogen-bond acceptors (Lipinski definition) is 2. The van der Waals surface area contributed by atoms with E-state index < -0.39 is 5.97 Å². The second kappa shape index (κ2) is 10.7. The van der Waals surface area contributed by atoms with E-state index in [-0.39, 0.29) is 12.2 Å². The Morgan fingerprint density at radius 1 is 1.36 bits per heavy atom. The van der Waals surface area contributed by atoms with Gasteiger partial charge in [-0.15, -0.1) is 0 Å². The molecular formula is C20H27BrFNO2. The molecule has 5 heteroatoms. The number of allylic oxidation sites excluding steroid dienone is 2. The van der Waals surface area contributed by atoms with Crippen LogP contribution in [-0.4, -0.2) is 17.6 Å². The van der Waals surface area contributed by atoms with Gasteiger partial charge in [-0.1, -0.05) is 47.0 Å². The van der Waals surface area contributed by atoms with E-state index in [0.29, 0.717) is 30.4 Å². The third-order valence-electron chi connectivity index (χ3n) is 4.85. The van der Waals surface area contributed by atoms with Crippen LogP contribution in [0.5, 0.6) is 0 Å². The van der Waals surface area contributed by atoms with Crippen LogP contribution in [0.25, 0.3) is 0 Å². The minimum absolute atomic E-state index is 0.180. The highest BCUT2D eigenvalue weighted by atomic mass is 79.9. The van der Waals surface area contributed by atoms with Crippen molar-refractivity contribution in [3.05, 3.63) is 46.2 Å². The van der Waals surface area contributed by atoms with Crippen LogP contribution in [0.1, 0.15) is 50.5 Å². The van der Waals surface area contributed by atoms with Crippen molar-refractivity contribution in [3.8, 4) is 0 Å². The lowest BCUT2D eigenvalue weighted by molar-refractivity contribution is -0.137. The van der Waals surface area contributed by atoms with Gasteiger partial charge in [0.05, 0.1) is 0 Å². The van der Waals surface area contributed by atoms with Crippen molar-refractivity contribution in [3.63, 3.8) is 0 Å². The van der Waals surface area contributed by atoms with E-state index in [1.54, 1.807) is 0 Å². The van der Waals surface area contributed by atoms with Gasteiger partial charge >= 0.3 is 5.97 Å². The van der Waals surface area contributed by atoms with Crippen LogP contribution in [0.2, 0.25) is 0 Å². The average Bonchev–Trinajstić information content (AvgIpc) is 2.57. The lowest BCUT2D eigenvalue weighted by Gasteiger charge is -2.30. The summed E-state index contributed by atoms with van der Waals surface area (Å²) in [6.45, 7) is 1.43. The van der Waals surface area contributed by atoms with Gasteiger partial charge < -0.3 is 10.4 Å². The summed E-state index contributed by atoms with van der Waals surface area (Å²) in [5.74, 6) is 0.206. The molecule has 0 spiro atoms. The number of unbranched alkanes of at least 4 members (excludes halogenated alkanes) is 1. The smallest absolute Gasteiger partial charge is 0.303 e. The second-order valence-electron chi connectivity index (χ2n) is 6.79. The number of nitrogens with one attached hydrogen (secondary N) is 1. The van der Waals surface area contributed by atoms with E-state index in [9.17, 15) is 9.18 Å². The lowest BCUT2D eigenvalue weighted by atomic mass is 9.79. The SMILES string of the molecule is O=C(O)CCC/C=C\[C@H]1CCCC[C@@H]1CNCc1ccc(Br)cc1F. The number of carboxylic acid groups (broad SMARTS) is 1. The molecule has 3 nitrogen and oxygen atoms in total. The topological polar surface area (TPSA) is 49.3 Å². The number of hydrogen-bond donors (Lipinski definition) is 2. The molecule has 1 aromatic rings. The van der Waals surface area contributed by atoms with Crippen LogP contribution in [-0.2, 0) is 11.3 Å². The summed E-state index contributed by atoms with van der Waals surface area (Å²) in [6, 6.07) is 5.18. The Labute approximate surface area is 157 Å². The van der Waals surface area contributed by atoms with E-state index in [0.717, 1.165) is 17.4 Å². The van der Waals surface area contributed by atoms with Gasteiger partial charge in [0.2, 0.25) is 0 Å². The molecule has 0 aliphatic heterocycles. The zero-order valence-corrected chi connectivity index (χ0v) is 16.1. The van der Waals surface area contributed by atoms with Crippen LogP contribution < -0.4 is 5.32 Å². The molecule has 2 atom stereocenters. The maximum Gasteiger partial charge on any atom is 0.303 e. The van der Waals surface area contributed by atoms with Crippen LogP contribution >= 0.6 is 15.9 Å². The molecule has 2 N–H and O–H groups in total. The Bertz CT molecular complexity index is 591. The molecule has 0 amide bonds. The first kappa shape index (κ1) is 20.1. The first-order valence-corrected chi connectivity index (χ1v) is 9.88. The van der Waals surface area contributed by atoms with Crippen molar-refractivity contribution in [1.29, 1.82) is 0 Å². The largest absolute Gasteiger partial charge is 0.481 e. The van der Waals surface area contributed by atoms with E-state index in [1.807, 2.05) is 12.1 Å². The van der Waals surface area contributed by atoms with E-state index in [4.69, 9.17) is 5.11 Å². The van der Waals surface area contributed by atoms with Gasteiger partial charge in [0.1, 0.15) is 5.82 Å². The van der Waals surface area contributed by atoms with Gasteiger partial charge in [0.15, 0.2) is 0 Å². The van der Waals surface area contributed by atoms with Crippen LogP contribution in [0.3, 0.4) is 0 Å². The fourth-order valence-corrected chi connectivity index (χ4v) is 3.78. The maximum atomic E-state index is 13.9. The van der Waals surface area contributed by atoms with E-state index >= 15 is 0 Å². The van der Waals surface area contributed by atoms with Crippen molar-refractivity contribution >= 4 is 21.9 Å². The van der Waals surface area contributed by atoms with Crippen molar-refractivity contribution < 1.29 is 14.3 Å². The molecule has 2 rings (SSSR count). The Kier molecular flexibility index (Phi) is 8.62. The molecule has 25 heavy (non-hydrogen) atoms. The third kappa shape index (κ3) is 7.28. The molecule has 0 saturated heterocycles. The number of aliphatic carboxylic acids is 1. The molecule has 138 valence electrons. The molecule has 0 unspecified atom stereocenters. The molecule has 1 aliphatic carbocycles. The molecule has 0 radical (unpaired) electrons. The Morgan fingerprint density at radius 3 is 2.92 bits per heavy atom. The maximum absolute atomic E-state index is 13.9. The van der Waals surface area contributed by atoms with Gasteiger partial charge in [0.25, 0.3) is 0 Å². The molecule has 0 bridgehead atoms. The summed E-state index contributed by atoms with van der Waals surface area (Å²) in [5.41, 5.74) is 0.694. The summed E-state index contributed by atoms with van der Waals surface area (Å²) < 4.78 is 14.6. The zero-order chi connectivity index (χ0) is 18.1. The molecule has 1 aliphatic rings. The van der Waals surface area contributed by atoms with Crippen LogP contribution in [0.15, 0.2) is 34.8 Å². The fourth-order valence-electron chi connectivity index (χ4n) is 3.44. The number of carboxylic acids is 1. The number of benzene rings is 1. The van der Waals surface area contributed by atoms with Gasteiger partial charge in [-0.2, -0.15) is 0 Å². The van der Waals surface area contributed by atoms with E-state index in [2.05, 4.69) is 33.4 Å². The van der Waals surface area contributed by atoms with Crippen molar-refractivity contribution in [2.24, 2.45) is 11.8 Å². The first-order valence-electron chi connectivity index (χ1n) is 9.09. The van der Waals surface area contributed by atoms with Crippen molar-refractivity contribution in [1.82, 2.24) is 5.32 Å². The molecule has 1 fully saturated rings. The van der Waals surface area contributed by atoms with Gasteiger partial charge in [-0.3, -0.25) is 4.79 Å². The molecule has 0 aromatic heterocycles. The molecule has 0 heterocycles. The average molecular weight is 412 g/mol. The quantitative estimate of drug-likeness (QED) is 0.428. The number of halogens is 2. The van der Waals surface area contributed by atoms with E-state index in [1.165, 1.54) is 31.7 Å². The van der Waals surface area contributed by atoms with Gasteiger partial charge in [0, 0.05) is 23.0 Å². The fraction of sp³-hybridized carbons (Fsp3) is 0.550. The minimum Gasteiger partial charge on any atom is -0.481 e. The van der Waals surface area contributed by atoms with Gasteiger partial charge in [-0.05, 0) is 56.2 Å². The Hall–Kier alpha value is -1.20. The highest BCUT2D eigenvalue weighted by Crippen LogP contribution is 2.31. The highest BCUT2D eigenvalue weighted by Gasteiger charge is 2.22. The van der Waals surface area contributed by atoms with Crippen LogP contribution in [0, 0.1) is 17.7 Å². The minimum atomic E-state index is -0.728. The predicted molar refractivity (Wildman–Crippen MR) is 102 cm³/mol. The summed E-state index contributed by atoms with van der Waals surface area (Å²) in [7, 11) is 0. The second-order valence-corrected chi connectivity index (χ2v) is 7.70. The van der Waals surface area contributed by atoms with Crippen molar-refractivity contribution in [2.75, 3.05) is 6.54 Å². The lowest BCUT2D eigenvalue weighted by Crippen LogP contribution is -2.29.